The normalized spacial score (nSPS) is 10.2. The Balaban J connectivity index is 0.000000647. The molecule has 0 fully saturated rings. The number of fused-ring (bicyclic) bond motifs is 1. The minimum atomic E-state index is -0.250. The second kappa shape index (κ2) is 8.18. The largest absolute Gasteiger partial charge is 0.483 e. The number of aromatic amines is 2. The summed E-state index contributed by atoms with van der Waals surface area (Å²) in [6.07, 6.45) is 0.774. The van der Waals surface area contributed by atoms with Crippen LogP contribution >= 0.6 is 12.2 Å². The van der Waals surface area contributed by atoms with Gasteiger partial charge in [0.2, 0.25) is 0 Å². The van der Waals surface area contributed by atoms with Gasteiger partial charge in [0.1, 0.15) is 5.69 Å². The molecule has 0 saturated carbocycles. The first kappa shape index (κ1) is 17.6. The van der Waals surface area contributed by atoms with Gasteiger partial charge in [0.25, 0.3) is 12.0 Å². The van der Waals surface area contributed by atoms with Gasteiger partial charge in [-0.2, -0.15) is 5.10 Å². The number of carbonyl (C=O) groups is 1. The van der Waals surface area contributed by atoms with Crippen LogP contribution < -0.4 is 11.3 Å². The van der Waals surface area contributed by atoms with Gasteiger partial charge < -0.3 is 15.4 Å². The predicted molar refractivity (Wildman–Crippen MR) is 93.3 cm³/mol. The van der Waals surface area contributed by atoms with Gasteiger partial charge in [-0.25, -0.2) is 0 Å². The van der Waals surface area contributed by atoms with Crippen molar-refractivity contribution in [2.24, 2.45) is 5.73 Å². The van der Waals surface area contributed by atoms with Crippen LogP contribution in [0.15, 0.2) is 35.1 Å². The Kier molecular flexibility index (Phi) is 5.99. The third-order valence-corrected chi connectivity index (χ3v) is 3.66. The third kappa shape index (κ3) is 3.76. The molecule has 24 heavy (non-hydrogen) atoms. The molecule has 126 valence electrons. The number of hydrogen-bond donors (Lipinski definition) is 4. The van der Waals surface area contributed by atoms with E-state index in [1.54, 1.807) is 0 Å². The van der Waals surface area contributed by atoms with Crippen molar-refractivity contribution in [1.29, 1.82) is 0 Å². The first-order valence-corrected chi connectivity index (χ1v) is 7.58. The fourth-order valence-corrected chi connectivity index (χ4v) is 2.64. The summed E-state index contributed by atoms with van der Waals surface area (Å²) < 4.78 is 2.25. The van der Waals surface area contributed by atoms with Crippen molar-refractivity contribution in [3.63, 3.8) is 0 Å². The minimum Gasteiger partial charge on any atom is -0.483 e. The van der Waals surface area contributed by atoms with Crippen LogP contribution in [0.3, 0.4) is 0 Å². The minimum absolute atomic E-state index is 0.230. The number of nitrogens with two attached hydrogens (primary N) is 1. The van der Waals surface area contributed by atoms with Crippen LogP contribution in [0.25, 0.3) is 22.3 Å². The highest BCUT2D eigenvalue weighted by atomic mass is 32.1. The number of nitrogens with one attached hydrogen (secondary N) is 2. The van der Waals surface area contributed by atoms with E-state index in [4.69, 9.17) is 27.9 Å². The van der Waals surface area contributed by atoms with Crippen molar-refractivity contribution < 1.29 is 9.90 Å². The lowest BCUT2D eigenvalue weighted by molar-refractivity contribution is -0.122. The smallest absolute Gasteiger partial charge is 0.290 e. The van der Waals surface area contributed by atoms with Crippen LogP contribution in [0.2, 0.25) is 0 Å². The highest BCUT2D eigenvalue weighted by molar-refractivity contribution is 7.71. The zero-order valence-corrected chi connectivity index (χ0v) is 13.5. The highest BCUT2D eigenvalue weighted by Crippen LogP contribution is 2.25. The summed E-state index contributed by atoms with van der Waals surface area (Å²) in [7, 11) is 0. The van der Waals surface area contributed by atoms with E-state index in [0.29, 0.717) is 23.6 Å². The molecule has 1 aromatic carbocycles. The summed E-state index contributed by atoms with van der Waals surface area (Å²) in [4.78, 5) is 22.8. The molecule has 2 heterocycles. The van der Waals surface area contributed by atoms with Crippen molar-refractivity contribution in [1.82, 2.24) is 19.7 Å². The Morgan fingerprint density at radius 1 is 1.38 bits per heavy atom. The number of hydrogen-bond acceptors (Lipinski definition) is 5. The van der Waals surface area contributed by atoms with Gasteiger partial charge in [-0.1, -0.05) is 18.2 Å². The van der Waals surface area contributed by atoms with Crippen molar-refractivity contribution in [2.75, 3.05) is 6.54 Å². The fraction of sp³-hybridized carbons (Fsp3) is 0.200. The van der Waals surface area contributed by atoms with Gasteiger partial charge in [0, 0.05) is 18.0 Å². The highest BCUT2D eigenvalue weighted by Gasteiger charge is 2.13. The monoisotopic (exact) mass is 347 g/mol. The molecule has 0 aliphatic carbocycles. The Morgan fingerprint density at radius 3 is 2.79 bits per heavy atom. The van der Waals surface area contributed by atoms with Crippen LogP contribution in [-0.4, -0.2) is 37.9 Å². The molecule has 0 radical (unpaired) electrons. The SMILES string of the molecule is NCCCn1c(-c2n[nH]c3ccccc23)cc(=O)[nH]c1=S.O=CO. The van der Waals surface area contributed by atoms with Crippen molar-refractivity contribution in [3.05, 3.63) is 45.5 Å². The number of carboxylic acid groups (broad SMARTS) is 1. The van der Waals surface area contributed by atoms with E-state index in [1.807, 2.05) is 28.8 Å². The van der Waals surface area contributed by atoms with Crippen molar-refractivity contribution in [3.8, 4) is 11.4 Å². The van der Waals surface area contributed by atoms with Gasteiger partial charge >= 0.3 is 0 Å². The number of para-hydroxylation sites is 1. The maximum atomic E-state index is 11.8. The van der Waals surface area contributed by atoms with Gasteiger partial charge in [-0.3, -0.25) is 19.7 Å². The third-order valence-electron chi connectivity index (χ3n) is 3.33. The molecule has 0 unspecified atom stereocenters. The van der Waals surface area contributed by atoms with E-state index in [9.17, 15) is 4.79 Å². The van der Waals surface area contributed by atoms with Crippen molar-refractivity contribution >= 4 is 29.6 Å². The number of nitrogens with zero attached hydrogens (tertiary/aromatic N) is 2. The van der Waals surface area contributed by atoms with Crippen LogP contribution in [-0.2, 0) is 11.3 Å². The van der Waals surface area contributed by atoms with E-state index >= 15 is 0 Å². The molecule has 9 heteroatoms. The zero-order chi connectivity index (χ0) is 17.5. The molecule has 8 nitrogen and oxygen atoms in total. The molecule has 0 atom stereocenters. The number of rotatable bonds is 4. The molecule has 0 aliphatic rings. The standard InChI is InChI=1S/C14H15N5OS.CH2O2/c15-6-3-7-19-11(8-12(20)16-14(19)21)13-9-4-1-2-5-10(9)17-18-13;2-1-3/h1-2,4-5,8H,3,6-7,15H2,(H,17,18)(H,16,20,21);1H,(H,2,3). The van der Waals surface area contributed by atoms with Gasteiger partial charge in [-0.05, 0) is 31.2 Å². The van der Waals surface area contributed by atoms with E-state index in [2.05, 4.69) is 15.2 Å². The molecular formula is C15H17N5O3S. The predicted octanol–water partition coefficient (Wildman–Crippen LogP) is 1.50. The second-order valence-corrected chi connectivity index (χ2v) is 5.23. The molecular weight excluding hydrogens is 330 g/mol. The molecule has 0 saturated heterocycles. The van der Waals surface area contributed by atoms with Crippen LogP contribution in [0.5, 0.6) is 0 Å². The second-order valence-electron chi connectivity index (χ2n) is 4.84. The fourth-order valence-electron chi connectivity index (χ4n) is 2.35. The quantitative estimate of drug-likeness (QED) is 0.418. The average molecular weight is 347 g/mol. The van der Waals surface area contributed by atoms with E-state index in [1.165, 1.54) is 6.07 Å². The lowest BCUT2D eigenvalue weighted by atomic mass is 10.1. The Morgan fingerprint density at radius 2 is 2.08 bits per heavy atom. The molecule has 0 bridgehead atoms. The molecule has 3 aromatic rings. The van der Waals surface area contributed by atoms with Gasteiger partial charge in [-0.15, -0.1) is 0 Å². The summed E-state index contributed by atoms with van der Waals surface area (Å²) >= 11 is 5.27. The Bertz CT molecular complexity index is 944. The van der Waals surface area contributed by atoms with E-state index < -0.39 is 0 Å². The molecule has 0 amide bonds. The molecule has 0 spiro atoms. The first-order chi connectivity index (χ1) is 11.6. The number of aromatic nitrogens is 4. The van der Waals surface area contributed by atoms with Crippen LogP contribution in [0.4, 0.5) is 0 Å². The van der Waals surface area contributed by atoms with E-state index in [0.717, 1.165) is 23.0 Å². The number of benzene rings is 1. The lowest BCUT2D eigenvalue weighted by Gasteiger charge is -2.11. The van der Waals surface area contributed by atoms with Crippen molar-refractivity contribution in [2.45, 2.75) is 13.0 Å². The Labute approximate surface area is 141 Å². The maximum absolute atomic E-state index is 11.8. The summed E-state index contributed by atoms with van der Waals surface area (Å²) in [5.74, 6) is 0. The molecule has 5 N–H and O–H groups in total. The van der Waals surface area contributed by atoms with E-state index in [-0.39, 0.29) is 12.0 Å². The summed E-state index contributed by atoms with van der Waals surface area (Å²) in [5, 5.41) is 15.2. The first-order valence-electron chi connectivity index (χ1n) is 7.18. The molecule has 3 rings (SSSR count). The summed E-state index contributed by atoms with van der Waals surface area (Å²) in [6, 6.07) is 9.30. The van der Waals surface area contributed by atoms with Gasteiger partial charge in [0.05, 0.1) is 11.2 Å². The lowest BCUT2D eigenvalue weighted by Crippen LogP contribution is -2.16. The summed E-state index contributed by atoms with van der Waals surface area (Å²) in [5.41, 5.74) is 7.69. The maximum Gasteiger partial charge on any atom is 0.290 e. The average Bonchev–Trinajstić information content (AvgIpc) is 2.98. The van der Waals surface area contributed by atoms with Crippen LogP contribution in [0, 0.1) is 4.77 Å². The Hall–Kier alpha value is -2.78. The van der Waals surface area contributed by atoms with Gasteiger partial charge in [0.15, 0.2) is 4.77 Å². The summed E-state index contributed by atoms with van der Waals surface area (Å²) in [6.45, 7) is 0.949. The number of H-pyrrole nitrogens is 2. The zero-order valence-electron chi connectivity index (χ0n) is 12.7. The molecule has 0 aliphatic heterocycles. The van der Waals surface area contributed by atoms with Crippen LogP contribution in [0.1, 0.15) is 6.42 Å². The molecule has 2 aromatic heterocycles. The topological polar surface area (TPSA) is 130 Å².